The minimum Gasteiger partial charge on any atom is -0.339 e. The molecule has 0 spiro atoms. The van der Waals surface area contributed by atoms with Crippen LogP contribution in [0, 0.1) is 0 Å². The number of hydrogen-bond acceptors (Lipinski definition) is 3. The topological polar surface area (TPSA) is 67.2 Å². The van der Waals surface area contributed by atoms with Crippen molar-refractivity contribution in [3.8, 4) is 0 Å². The van der Waals surface area contributed by atoms with E-state index in [2.05, 4.69) is 10.4 Å². The molecule has 3 rings (SSSR count). The summed E-state index contributed by atoms with van der Waals surface area (Å²) in [4.78, 5) is 26.3. The number of carbonyl (C=O) groups is 2. The molecule has 0 saturated carbocycles. The van der Waals surface area contributed by atoms with E-state index in [1.54, 1.807) is 54.3 Å². The lowest BCUT2D eigenvalue weighted by atomic mass is 10.1. The summed E-state index contributed by atoms with van der Waals surface area (Å²) in [5.41, 5.74) is 1.33. The second kappa shape index (κ2) is 6.64. The Bertz CT molecular complexity index is 673. The van der Waals surface area contributed by atoms with E-state index in [1.807, 2.05) is 4.90 Å². The molecule has 2 aromatic rings. The van der Waals surface area contributed by atoms with E-state index in [4.69, 9.17) is 0 Å². The van der Waals surface area contributed by atoms with E-state index < -0.39 is 6.04 Å². The maximum atomic E-state index is 12.3. The number of amides is 2. The molecule has 1 fully saturated rings. The number of benzene rings is 1. The number of likely N-dealkylation sites (tertiary alicyclic amines) is 1. The molecule has 0 aliphatic carbocycles. The van der Waals surface area contributed by atoms with Crippen LogP contribution in [-0.2, 0) is 4.79 Å². The largest absolute Gasteiger partial charge is 0.339 e. The van der Waals surface area contributed by atoms with Crippen LogP contribution in [0.3, 0.4) is 0 Å². The predicted octanol–water partition coefficient (Wildman–Crippen LogP) is 2.32. The fourth-order valence-electron chi connectivity index (χ4n) is 2.68. The van der Waals surface area contributed by atoms with Crippen molar-refractivity contribution < 1.29 is 9.59 Å². The van der Waals surface area contributed by atoms with Crippen LogP contribution in [0.25, 0.3) is 0 Å². The van der Waals surface area contributed by atoms with Crippen LogP contribution < -0.4 is 5.32 Å². The first kappa shape index (κ1) is 15.3. The van der Waals surface area contributed by atoms with E-state index in [1.165, 1.54) is 0 Å². The van der Waals surface area contributed by atoms with Gasteiger partial charge in [0.1, 0.15) is 6.04 Å². The molecule has 1 N–H and O–H groups in total. The predicted molar refractivity (Wildman–Crippen MR) is 87.1 cm³/mol. The van der Waals surface area contributed by atoms with Gasteiger partial charge in [-0.05, 0) is 50.1 Å². The summed E-state index contributed by atoms with van der Waals surface area (Å²) < 4.78 is 1.60. The number of aromatic nitrogens is 2. The molecule has 1 aliphatic heterocycles. The van der Waals surface area contributed by atoms with Gasteiger partial charge in [-0.1, -0.05) is 0 Å². The summed E-state index contributed by atoms with van der Waals surface area (Å²) in [7, 11) is 0. The molecular weight excluding hydrogens is 292 g/mol. The van der Waals surface area contributed by atoms with Gasteiger partial charge in [-0.15, -0.1) is 0 Å². The summed E-state index contributed by atoms with van der Waals surface area (Å²) in [5, 5.41) is 6.91. The Labute approximate surface area is 135 Å². The first-order valence-corrected chi connectivity index (χ1v) is 7.84. The van der Waals surface area contributed by atoms with Crippen LogP contribution in [0.4, 0.5) is 5.69 Å². The van der Waals surface area contributed by atoms with Crippen LogP contribution in [0.5, 0.6) is 0 Å². The molecule has 6 heteroatoms. The van der Waals surface area contributed by atoms with Crippen molar-refractivity contribution in [2.24, 2.45) is 0 Å². The minimum atomic E-state index is -0.393. The van der Waals surface area contributed by atoms with Gasteiger partial charge in [0.05, 0.1) is 0 Å². The van der Waals surface area contributed by atoms with E-state index >= 15 is 0 Å². The van der Waals surface area contributed by atoms with Crippen molar-refractivity contribution in [1.29, 1.82) is 0 Å². The molecular formula is C17H20N4O2. The summed E-state index contributed by atoms with van der Waals surface area (Å²) in [6.45, 7) is 3.45. The zero-order valence-electron chi connectivity index (χ0n) is 13.1. The maximum Gasteiger partial charge on any atom is 0.253 e. The first-order valence-electron chi connectivity index (χ1n) is 7.84. The molecule has 2 amide bonds. The van der Waals surface area contributed by atoms with Crippen LogP contribution in [0.15, 0.2) is 42.7 Å². The number of rotatable bonds is 4. The Morgan fingerprint density at radius 2 is 1.87 bits per heavy atom. The number of nitrogens with one attached hydrogen (secondary N) is 1. The molecule has 0 radical (unpaired) electrons. The molecule has 1 aliphatic rings. The molecule has 23 heavy (non-hydrogen) atoms. The van der Waals surface area contributed by atoms with E-state index in [0.717, 1.165) is 25.9 Å². The highest BCUT2D eigenvalue weighted by Gasteiger charge is 2.19. The second-order valence-electron chi connectivity index (χ2n) is 5.73. The number of carbonyl (C=O) groups excluding carboxylic acids is 2. The fraction of sp³-hybridized carbons (Fsp3) is 0.353. The Hall–Kier alpha value is -2.63. The Morgan fingerprint density at radius 1 is 1.17 bits per heavy atom. The number of nitrogens with zero attached hydrogens (tertiary/aromatic N) is 3. The maximum absolute atomic E-state index is 12.3. The Balaban J connectivity index is 1.63. The van der Waals surface area contributed by atoms with Crippen molar-refractivity contribution in [3.63, 3.8) is 0 Å². The lowest BCUT2D eigenvalue weighted by molar-refractivity contribution is -0.119. The van der Waals surface area contributed by atoms with Gasteiger partial charge < -0.3 is 10.2 Å². The third kappa shape index (κ3) is 3.41. The molecule has 1 saturated heterocycles. The third-order valence-corrected chi connectivity index (χ3v) is 4.09. The molecule has 2 heterocycles. The molecule has 1 aromatic heterocycles. The van der Waals surface area contributed by atoms with Crippen LogP contribution in [-0.4, -0.2) is 39.6 Å². The average molecular weight is 312 g/mol. The molecule has 120 valence electrons. The van der Waals surface area contributed by atoms with Crippen molar-refractivity contribution in [2.75, 3.05) is 18.4 Å². The molecule has 1 aromatic carbocycles. The summed E-state index contributed by atoms with van der Waals surface area (Å²) in [6.07, 6.45) is 5.54. The van der Waals surface area contributed by atoms with Gasteiger partial charge in [-0.3, -0.25) is 14.3 Å². The van der Waals surface area contributed by atoms with E-state index in [0.29, 0.717) is 11.3 Å². The number of anilines is 1. The molecule has 1 atom stereocenters. The van der Waals surface area contributed by atoms with Gasteiger partial charge in [-0.25, -0.2) is 0 Å². The zero-order chi connectivity index (χ0) is 16.2. The summed E-state index contributed by atoms with van der Waals surface area (Å²) >= 11 is 0. The van der Waals surface area contributed by atoms with Crippen LogP contribution >= 0.6 is 0 Å². The lowest BCUT2D eigenvalue weighted by Gasteiger charge is -2.16. The average Bonchev–Trinajstić information content (AvgIpc) is 3.27. The van der Waals surface area contributed by atoms with Gasteiger partial charge >= 0.3 is 0 Å². The van der Waals surface area contributed by atoms with Crippen molar-refractivity contribution >= 4 is 17.5 Å². The smallest absolute Gasteiger partial charge is 0.253 e. The molecule has 1 unspecified atom stereocenters. The van der Waals surface area contributed by atoms with Gasteiger partial charge in [0.25, 0.3) is 5.91 Å². The highest BCUT2D eigenvalue weighted by Crippen LogP contribution is 2.16. The highest BCUT2D eigenvalue weighted by atomic mass is 16.2. The minimum absolute atomic E-state index is 0.0604. The molecule has 0 bridgehead atoms. The first-order chi connectivity index (χ1) is 11.1. The Kier molecular flexibility index (Phi) is 4.41. The monoisotopic (exact) mass is 312 g/mol. The standard InChI is InChI=1S/C17H20N4O2/c1-13(21-12-4-9-18-21)16(22)19-15-7-5-14(6-8-15)17(23)20-10-2-3-11-20/h4-9,12-13H,2-3,10-11H2,1H3,(H,19,22). The highest BCUT2D eigenvalue weighted by molar-refractivity contribution is 5.96. The lowest BCUT2D eigenvalue weighted by Crippen LogP contribution is -2.27. The van der Waals surface area contributed by atoms with E-state index in [-0.39, 0.29) is 11.8 Å². The van der Waals surface area contributed by atoms with Crippen molar-refractivity contribution in [3.05, 3.63) is 48.3 Å². The zero-order valence-corrected chi connectivity index (χ0v) is 13.1. The van der Waals surface area contributed by atoms with Crippen LogP contribution in [0.1, 0.15) is 36.2 Å². The number of hydrogen-bond donors (Lipinski definition) is 1. The van der Waals surface area contributed by atoms with Crippen LogP contribution in [0.2, 0.25) is 0 Å². The van der Waals surface area contributed by atoms with Gasteiger partial charge in [0, 0.05) is 36.7 Å². The summed E-state index contributed by atoms with van der Waals surface area (Å²) in [6, 6.07) is 8.43. The van der Waals surface area contributed by atoms with Gasteiger partial charge in [0.2, 0.25) is 5.91 Å². The van der Waals surface area contributed by atoms with Gasteiger partial charge in [-0.2, -0.15) is 5.10 Å². The SMILES string of the molecule is CC(C(=O)Nc1ccc(C(=O)N2CCCC2)cc1)n1cccn1. The fourth-order valence-corrected chi connectivity index (χ4v) is 2.68. The van der Waals surface area contributed by atoms with Gasteiger partial charge in [0.15, 0.2) is 0 Å². The second-order valence-corrected chi connectivity index (χ2v) is 5.73. The third-order valence-electron chi connectivity index (χ3n) is 4.09. The quantitative estimate of drug-likeness (QED) is 0.942. The molecule has 6 nitrogen and oxygen atoms in total. The van der Waals surface area contributed by atoms with E-state index in [9.17, 15) is 9.59 Å². The normalized spacial score (nSPS) is 15.4. The van der Waals surface area contributed by atoms with Crippen molar-refractivity contribution in [1.82, 2.24) is 14.7 Å². The van der Waals surface area contributed by atoms with Crippen molar-refractivity contribution in [2.45, 2.75) is 25.8 Å². The summed E-state index contributed by atoms with van der Waals surface area (Å²) in [5.74, 6) is -0.0856. The Morgan fingerprint density at radius 3 is 2.48 bits per heavy atom.